The molecule has 0 bridgehead atoms. The molecule has 0 saturated carbocycles. The molecule has 0 aliphatic rings. The van der Waals surface area contributed by atoms with Gasteiger partial charge in [-0.1, -0.05) is 84.4 Å². The van der Waals surface area contributed by atoms with Crippen molar-refractivity contribution in [3.05, 3.63) is 149 Å². The number of nitrogens with zero attached hydrogens (tertiary/aromatic N) is 1. The van der Waals surface area contributed by atoms with Crippen LogP contribution in [0.25, 0.3) is 17.2 Å². The highest BCUT2D eigenvalue weighted by atomic mass is 35.5. The van der Waals surface area contributed by atoms with Crippen LogP contribution in [-0.4, -0.2) is 28.5 Å². The van der Waals surface area contributed by atoms with Crippen LogP contribution in [0.15, 0.2) is 138 Å². The van der Waals surface area contributed by atoms with E-state index in [1.165, 1.54) is 18.0 Å². The van der Waals surface area contributed by atoms with Crippen molar-refractivity contribution >= 4 is 58.7 Å². The summed E-state index contributed by atoms with van der Waals surface area (Å²) in [6.45, 7) is 0. The molecule has 44 heavy (non-hydrogen) atoms. The van der Waals surface area contributed by atoms with Crippen LogP contribution in [0.5, 0.6) is 0 Å². The Morgan fingerprint density at radius 2 is 1.39 bits per heavy atom. The normalized spacial score (nSPS) is 11.0. The molecule has 9 heteroatoms. The Balaban J connectivity index is 1.26. The van der Waals surface area contributed by atoms with Crippen molar-refractivity contribution in [2.24, 2.45) is 0 Å². The summed E-state index contributed by atoms with van der Waals surface area (Å²) in [6.07, 6.45) is 3.11. The van der Waals surface area contributed by atoms with Gasteiger partial charge in [0.15, 0.2) is 0 Å². The highest BCUT2D eigenvalue weighted by Gasteiger charge is 2.15. The minimum absolute atomic E-state index is 0.0947. The third-order valence-corrected chi connectivity index (χ3v) is 7.57. The van der Waals surface area contributed by atoms with Crippen LogP contribution in [0, 0.1) is 0 Å². The average molecular weight is 619 g/mol. The van der Waals surface area contributed by atoms with Crippen LogP contribution in [0.2, 0.25) is 5.02 Å². The molecule has 3 N–H and O–H groups in total. The van der Waals surface area contributed by atoms with Gasteiger partial charge in [0, 0.05) is 22.3 Å². The molecule has 0 aliphatic heterocycles. The Bertz CT molecular complexity index is 1760. The van der Waals surface area contributed by atoms with Gasteiger partial charge in [0.25, 0.3) is 11.8 Å². The average Bonchev–Trinajstić information content (AvgIpc) is 3.06. The van der Waals surface area contributed by atoms with E-state index in [4.69, 9.17) is 11.6 Å². The number of carbonyl (C=O) groups excluding carboxylic acids is 3. The molecule has 0 radical (unpaired) electrons. The number of anilines is 2. The Morgan fingerprint density at radius 3 is 2.05 bits per heavy atom. The van der Waals surface area contributed by atoms with Gasteiger partial charge >= 0.3 is 0 Å². The van der Waals surface area contributed by atoms with Gasteiger partial charge in [-0.2, -0.15) is 0 Å². The number of hydrogen-bond donors (Lipinski definition) is 3. The Hall–Kier alpha value is -5.18. The lowest BCUT2D eigenvalue weighted by Gasteiger charge is -2.12. The van der Waals surface area contributed by atoms with Gasteiger partial charge in [-0.05, 0) is 71.3 Å². The lowest BCUT2D eigenvalue weighted by molar-refractivity contribution is -0.114. The van der Waals surface area contributed by atoms with Gasteiger partial charge in [0.2, 0.25) is 5.91 Å². The zero-order valence-corrected chi connectivity index (χ0v) is 24.9. The monoisotopic (exact) mass is 618 g/mol. The molecule has 5 rings (SSSR count). The Kier molecular flexibility index (Phi) is 10.2. The number of aromatic nitrogens is 1. The molecule has 0 spiro atoms. The van der Waals surface area contributed by atoms with E-state index < -0.39 is 11.8 Å². The minimum Gasteiger partial charge on any atom is -0.321 e. The summed E-state index contributed by atoms with van der Waals surface area (Å²) in [5.41, 5.74) is 3.94. The lowest BCUT2D eigenvalue weighted by Crippen LogP contribution is -2.30. The molecule has 0 unspecified atom stereocenters. The summed E-state index contributed by atoms with van der Waals surface area (Å²) in [5.74, 6) is -0.475. The van der Waals surface area contributed by atoms with Gasteiger partial charge in [0.1, 0.15) is 11.5 Å². The third kappa shape index (κ3) is 8.67. The van der Waals surface area contributed by atoms with Gasteiger partial charge in [-0.25, -0.2) is 4.98 Å². The van der Waals surface area contributed by atoms with Crippen molar-refractivity contribution < 1.29 is 14.4 Å². The van der Waals surface area contributed by atoms with E-state index in [1.54, 1.807) is 54.6 Å². The highest BCUT2D eigenvalue weighted by Crippen LogP contribution is 2.23. The van der Waals surface area contributed by atoms with Crippen molar-refractivity contribution in [1.29, 1.82) is 0 Å². The molecule has 0 fully saturated rings. The van der Waals surface area contributed by atoms with E-state index in [0.717, 1.165) is 21.6 Å². The molecule has 3 amide bonds. The molecule has 7 nitrogen and oxygen atoms in total. The van der Waals surface area contributed by atoms with E-state index in [9.17, 15) is 14.4 Å². The fraction of sp³-hybridized carbons (Fsp3) is 0.0286. The van der Waals surface area contributed by atoms with Gasteiger partial charge < -0.3 is 16.0 Å². The maximum Gasteiger partial charge on any atom is 0.272 e. The number of pyridine rings is 1. The number of benzene rings is 4. The van der Waals surface area contributed by atoms with Crippen molar-refractivity contribution in [3.8, 4) is 11.1 Å². The van der Waals surface area contributed by atoms with Crippen LogP contribution in [0.3, 0.4) is 0 Å². The topological polar surface area (TPSA) is 100 Å². The molecule has 0 saturated heterocycles. The standard InChI is InChI=1S/C35H27ClN4O3S/c36-28-15-20-32(37-22-28)40-33(41)23-44-30-18-16-29(17-19-30)38-35(43)31(39-34(42)27-9-5-2-6-10-27)21-24-11-13-26(14-12-24)25-7-3-1-4-8-25/h1-22H,23H2,(H,38,43)(H,39,42)(H,37,40,41)/b31-21-. The van der Waals surface area contributed by atoms with Crippen LogP contribution >= 0.6 is 23.4 Å². The maximum absolute atomic E-state index is 13.4. The first-order chi connectivity index (χ1) is 21.4. The largest absolute Gasteiger partial charge is 0.321 e. The predicted molar refractivity (Wildman–Crippen MR) is 177 cm³/mol. The minimum atomic E-state index is -0.475. The second-order valence-corrected chi connectivity index (χ2v) is 11.0. The molecule has 1 heterocycles. The highest BCUT2D eigenvalue weighted by molar-refractivity contribution is 8.00. The van der Waals surface area contributed by atoms with Gasteiger partial charge in [0.05, 0.1) is 10.8 Å². The van der Waals surface area contributed by atoms with E-state index in [0.29, 0.717) is 22.1 Å². The fourth-order valence-electron chi connectivity index (χ4n) is 4.12. The van der Waals surface area contributed by atoms with Crippen molar-refractivity contribution in [2.75, 3.05) is 16.4 Å². The molecule has 0 aliphatic carbocycles. The number of hydrogen-bond acceptors (Lipinski definition) is 5. The quantitative estimate of drug-likeness (QED) is 0.111. The first-order valence-corrected chi connectivity index (χ1v) is 15.0. The van der Waals surface area contributed by atoms with E-state index in [1.807, 2.05) is 72.8 Å². The second-order valence-electron chi connectivity index (χ2n) is 9.54. The molecule has 5 aromatic rings. The Morgan fingerprint density at radius 1 is 0.727 bits per heavy atom. The predicted octanol–water partition coefficient (Wildman–Crippen LogP) is 7.54. The SMILES string of the molecule is O=C(CSc1ccc(NC(=O)/C(=C/c2ccc(-c3ccccc3)cc2)NC(=O)c2ccccc2)cc1)Nc1ccc(Cl)cn1. The van der Waals surface area contributed by atoms with Gasteiger partial charge in [-0.3, -0.25) is 14.4 Å². The Labute approximate surface area is 264 Å². The van der Waals surface area contributed by atoms with Crippen molar-refractivity contribution in [3.63, 3.8) is 0 Å². The molecular formula is C35H27ClN4O3S. The third-order valence-electron chi connectivity index (χ3n) is 6.33. The summed E-state index contributed by atoms with van der Waals surface area (Å²) in [5, 5.41) is 8.83. The summed E-state index contributed by atoms with van der Waals surface area (Å²) in [4.78, 5) is 43.6. The lowest BCUT2D eigenvalue weighted by atomic mass is 10.0. The number of carbonyl (C=O) groups is 3. The molecule has 1 aromatic heterocycles. The summed E-state index contributed by atoms with van der Waals surface area (Å²) >= 11 is 7.18. The molecule has 218 valence electrons. The summed E-state index contributed by atoms with van der Waals surface area (Å²) < 4.78 is 0. The van der Waals surface area contributed by atoms with Crippen LogP contribution in [0.4, 0.5) is 11.5 Å². The van der Waals surface area contributed by atoms with Crippen LogP contribution < -0.4 is 16.0 Å². The molecular weight excluding hydrogens is 592 g/mol. The fourth-order valence-corrected chi connectivity index (χ4v) is 4.93. The zero-order valence-electron chi connectivity index (χ0n) is 23.4. The maximum atomic E-state index is 13.4. The van der Waals surface area contributed by atoms with Gasteiger partial charge in [-0.15, -0.1) is 11.8 Å². The van der Waals surface area contributed by atoms with E-state index >= 15 is 0 Å². The van der Waals surface area contributed by atoms with Crippen LogP contribution in [0.1, 0.15) is 15.9 Å². The number of halogens is 1. The summed E-state index contributed by atoms with van der Waals surface area (Å²) in [7, 11) is 0. The second kappa shape index (κ2) is 14.8. The zero-order chi connectivity index (χ0) is 30.7. The van der Waals surface area contributed by atoms with E-state index in [2.05, 4.69) is 20.9 Å². The number of thioether (sulfide) groups is 1. The number of amides is 3. The number of rotatable bonds is 10. The molecule has 0 atom stereocenters. The van der Waals surface area contributed by atoms with Crippen molar-refractivity contribution in [2.45, 2.75) is 4.90 Å². The smallest absolute Gasteiger partial charge is 0.272 e. The first-order valence-electron chi connectivity index (χ1n) is 13.6. The van der Waals surface area contributed by atoms with Crippen LogP contribution in [-0.2, 0) is 9.59 Å². The van der Waals surface area contributed by atoms with E-state index in [-0.39, 0.29) is 17.4 Å². The first kappa shape index (κ1) is 30.3. The number of nitrogens with one attached hydrogen (secondary N) is 3. The van der Waals surface area contributed by atoms with Crippen molar-refractivity contribution in [1.82, 2.24) is 10.3 Å². The summed E-state index contributed by atoms with van der Waals surface area (Å²) in [6, 6.07) is 36.8. The molecule has 4 aromatic carbocycles.